The Morgan fingerprint density at radius 1 is 0.787 bits per heavy atom. The maximum Gasteiger partial charge on any atom is 0.338 e. The van der Waals surface area contributed by atoms with Gasteiger partial charge in [0.1, 0.15) is 23.1 Å². The molecule has 4 heterocycles. The number of cyclic esters (lactones) is 1. The molecule has 0 saturated carbocycles. The lowest BCUT2D eigenvalue weighted by Gasteiger charge is -2.50. The number of ketones is 1. The monoisotopic (exact) mass is 1110 g/mol. The van der Waals surface area contributed by atoms with E-state index in [0.717, 1.165) is 16.5 Å². The quantitative estimate of drug-likeness (QED) is 0.0842. The molecule has 2 unspecified atom stereocenters. The highest BCUT2D eigenvalue weighted by Gasteiger charge is 2.55. The molecule has 4 aromatic rings. The number of nitrogens with zero attached hydrogens (tertiary/aromatic N) is 2. The molecular weight excluding hydrogens is 1020 g/mol. The SMILES string of the molecule is CCC1OC(=O)[C@H](C)C(O[C@H]2C[C@@](C)(OC)[C@@H](OC(=O)c3ccccc3)[C@H](C)O2)[C@H](C)[C@@H](O[C@@H]2O[C@H](C)C[C@H](N(C)C)[C@H]2OC(=O)c2ccccc2)[C@](C)(OC/C=C/c2cnc3ccccc3c2)C[C@@H](C)C(=O)[C@H](C)[C@@H](O)[C@]1(C)O. The van der Waals surface area contributed by atoms with E-state index in [0.29, 0.717) is 17.5 Å². The first-order valence-corrected chi connectivity index (χ1v) is 28.1. The highest BCUT2D eigenvalue weighted by molar-refractivity contribution is 5.90. The minimum atomic E-state index is -2.07. The van der Waals surface area contributed by atoms with Gasteiger partial charge in [0.2, 0.25) is 0 Å². The van der Waals surface area contributed by atoms with E-state index in [4.69, 9.17) is 42.6 Å². The lowest BCUT2D eigenvalue weighted by molar-refractivity contribution is -0.319. The third-order valence-corrected chi connectivity index (χ3v) is 16.7. The van der Waals surface area contributed by atoms with Gasteiger partial charge in [0.25, 0.3) is 0 Å². The number of esters is 3. The van der Waals surface area contributed by atoms with Gasteiger partial charge in [-0.25, -0.2) is 9.59 Å². The zero-order chi connectivity index (χ0) is 58.3. The standard InChI is InChI=1S/C63H84N2O15/c1-14-49-63(10,71)54(67)39(4)51(66)37(2)34-62(9,73-31-23-24-43-33-46-29-21-22-30-47(46)64-36-43)55(80-60-53(48(65(11)12)32-38(3)74-60)78-58(69)44-25-17-15-18-26-44)40(5)52(41(6)57(68)76-49)77-50-35-61(8,72-13)56(42(7)75-50)79-59(70)45-27-19-16-20-28-45/h15-30,33,36-42,48-50,52-56,60,67,71H,14,31-32,34-35H2,1-13H3/b24-23+/t37-,38-,39+,40+,41-,42+,48+,49?,50+,52?,53-,54-,55-,56+,60+,61-,62-,63-/m1/s1. The normalized spacial score (nSPS) is 35.8. The Kier molecular flexibility index (Phi) is 20.7. The fourth-order valence-electron chi connectivity index (χ4n) is 12.0. The zero-order valence-electron chi connectivity index (χ0n) is 48.7. The summed E-state index contributed by atoms with van der Waals surface area (Å²) >= 11 is 0. The number of hydrogen-bond donors (Lipinski definition) is 2. The van der Waals surface area contributed by atoms with Gasteiger partial charge in [-0.1, -0.05) is 94.4 Å². The number of aromatic nitrogens is 1. The second-order valence-corrected chi connectivity index (χ2v) is 23.1. The number of hydrogen-bond acceptors (Lipinski definition) is 17. The Labute approximate surface area is 471 Å². The second kappa shape index (κ2) is 26.6. The molecule has 18 atom stereocenters. The van der Waals surface area contributed by atoms with Gasteiger partial charge >= 0.3 is 17.9 Å². The number of para-hydroxylation sites is 1. The van der Waals surface area contributed by atoms with Crippen LogP contribution < -0.4 is 0 Å². The first kappa shape index (κ1) is 62.1. The predicted octanol–water partition coefficient (Wildman–Crippen LogP) is 8.80. The average Bonchev–Trinajstić information content (AvgIpc) is 3.44. The van der Waals surface area contributed by atoms with Crippen molar-refractivity contribution in [3.05, 3.63) is 120 Å². The van der Waals surface area contributed by atoms with E-state index in [9.17, 15) is 29.4 Å². The van der Waals surface area contributed by atoms with Gasteiger partial charge in [0.15, 0.2) is 24.8 Å². The van der Waals surface area contributed by atoms with Crippen molar-refractivity contribution in [1.82, 2.24) is 9.88 Å². The van der Waals surface area contributed by atoms with E-state index in [1.165, 1.54) is 14.0 Å². The van der Waals surface area contributed by atoms with E-state index in [-0.39, 0.29) is 31.7 Å². The van der Waals surface area contributed by atoms with E-state index in [2.05, 4.69) is 4.98 Å². The van der Waals surface area contributed by atoms with Crippen LogP contribution in [0.1, 0.15) is 121 Å². The van der Waals surface area contributed by atoms with E-state index < -0.39 is 126 Å². The van der Waals surface area contributed by atoms with Crippen LogP contribution in [-0.2, 0) is 52.2 Å². The number of rotatable bonds is 15. The first-order valence-electron chi connectivity index (χ1n) is 28.1. The third-order valence-electron chi connectivity index (χ3n) is 16.7. The number of ether oxygens (including phenoxy) is 9. The van der Waals surface area contributed by atoms with Crippen molar-refractivity contribution in [2.75, 3.05) is 27.8 Å². The van der Waals surface area contributed by atoms with Gasteiger partial charge in [-0.3, -0.25) is 14.6 Å². The van der Waals surface area contributed by atoms with Gasteiger partial charge in [-0.05, 0) is 117 Å². The number of benzene rings is 3. The number of aliphatic hydroxyl groups excluding tert-OH is 1. The van der Waals surface area contributed by atoms with Gasteiger partial charge in [0, 0.05) is 42.9 Å². The second-order valence-electron chi connectivity index (χ2n) is 23.1. The highest BCUT2D eigenvalue weighted by atomic mass is 16.7. The van der Waals surface area contributed by atoms with Crippen LogP contribution in [0.5, 0.6) is 0 Å². The van der Waals surface area contributed by atoms with Crippen LogP contribution in [0.15, 0.2) is 103 Å². The number of fused-ring (bicyclic) bond motifs is 1. The summed E-state index contributed by atoms with van der Waals surface area (Å²) in [7, 11) is 5.30. The molecule has 3 aromatic carbocycles. The number of carbonyl (C=O) groups is 4. The summed E-state index contributed by atoms with van der Waals surface area (Å²) in [4.78, 5) is 64.1. The van der Waals surface area contributed by atoms with Crippen LogP contribution in [0, 0.1) is 23.7 Å². The maximum atomic E-state index is 15.0. The lowest BCUT2D eigenvalue weighted by Crippen LogP contribution is -2.62. The molecule has 0 radical (unpaired) electrons. The van der Waals surface area contributed by atoms with Crippen LogP contribution in [0.3, 0.4) is 0 Å². The van der Waals surface area contributed by atoms with E-state index in [1.807, 2.05) is 82.3 Å². The molecule has 3 aliphatic heterocycles. The molecule has 1 aromatic heterocycles. The molecule has 0 aliphatic carbocycles. The molecule has 3 fully saturated rings. The Morgan fingerprint density at radius 2 is 1.41 bits per heavy atom. The number of carbonyl (C=O) groups excluding carboxylic acids is 4. The molecule has 17 heteroatoms. The number of pyridine rings is 1. The fourth-order valence-corrected chi connectivity index (χ4v) is 12.0. The van der Waals surface area contributed by atoms with Crippen molar-refractivity contribution < 1.29 is 72.0 Å². The number of Topliss-reactive ketones (excluding diaryl/α,β-unsaturated/α-hetero) is 1. The Morgan fingerprint density at radius 3 is 2.04 bits per heavy atom. The van der Waals surface area contributed by atoms with Crippen molar-refractivity contribution in [2.24, 2.45) is 23.7 Å². The van der Waals surface area contributed by atoms with Crippen LogP contribution in [-0.4, -0.2) is 156 Å². The molecule has 0 bridgehead atoms. The Balaban J connectivity index is 1.36. The van der Waals surface area contributed by atoms with Gasteiger partial charge in [0.05, 0.1) is 71.3 Å². The topological polar surface area (TPSA) is 208 Å². The summed E-state index contributed by atoms with van der Waals surface area (Å²) in [5.74, 6) is -6.36. The smallest absolute Gasteiger partial charge is 0.338 e. The minimum absolute atomic E-state index is 0.0157. The van der Waals surface area contributed by atoms with Crippen molar-refractivity contribution >= 4 is 40.7 Å². The largest absolute Gasteiger partial charge is 0.459 e. The highest BCUT2D eigenvalue weighted by Crippen LogP contribution is 2.43. The van der Waals surface area contributed by atoms with Crippen molar-refractivity contribution in [2.45, 2.75) is 179 Å². The minimum Gasteiger partial charge on any atom is -0.459 e. The molecule has 0 amide bonds. The third kappa shape index (κ3) is 14.2. The number of aliphatic hydroxyl groups is 2. The summed E-state index contributed by atoms with van der Waals surface area (Å²) in [5.41, 5.74) is -2.42. The number of likely N-dealkylation sites (N-methyl/N-ethyl adjacent to an activating group) is 1. The van der Waals surface area contributed by atoms with E-state index >= 15 is 0 Å². The Hall–Kier alpha value is -5.47. The van der Waals surface area contributed by atoms with Crippen molar-refractivity contribution in [3.8, 4) is 0 Å². The van der Waals surface area contributed by atoms with Crippen LogP contribution >= 0.6 is 0 Å². The lowest BCUT2D eigenvalue weighted by atomic mass is 9.73. The molecule has 3 saturated heterocycles. The molecule has 436 valence electrons. The average molecular weight is 1110 g/mol. The van der Waals surface area contributed by atoms with Crippen molar-refractivity contribution in [1.29, 1.82) is 0 Å². The zero-order valence-corrected chi connectivity index (χ0v) is 48.7. The van der Waals surface area contributed by atoms with Crippen LogP contribution in [0.2, 0.25) is 0 Å². The molecule has 2 N–H and O–H groups in total. The molecule has 7 rings (SSSR count). The van der Waals surface area contributed by atoms with E-state index in [1.54, 1.807) is 108 Å². The first-order chi connectivity index (χ1) is 37.9. The molecule has 80 heavy (non-hydrogen) atoms. The fraction of sp³-hybridized carbons (Fsp3) is 0.571. The van der Waals surface area contributed by atoms with Crippen LogP contribution in [0.4, 0.5) is 0 Å². The van der Waals surface area contributed by atoms with Gasteiger partial charge in [-0.2, -0.15) is 0 Å². The van der Waals surface area contributed by atoms with Crippen LogP contribution in [0.25, 0.3) is 17.0 Å². The summed E-state index contributed by atoms with van der Waals surface area (Å²) in [6.07, 6.45) is -4.72. The summed E-state index contributed by atoms with van der Waals surface area (Å²) in [5, 5.41) is 25.0. The van der Waals surface area contributed by atoms with Gasteiger partial charge < -0.3 is 57.7 Å². The molecular formula is C63H84N2O15. The summed E-state index contributed by atoms with van der Waals surface area (Å²) in [6, 6.07) is 26.6. The van der Waals surface area contributed by atoms with Gasteiger partial charge in [-0.15, -0.1) is 0 Å². The Bertz CT molecular complexity index is 2740. The van der Waals surface area contributed by atoms with Crippen molar-refractivity contribution in [3.63, 3.8) is 0 Å². The molecule has 17 nitrogen and oxygen atoms in total. The molecule has 0 spiro atoms. The molecule has 3 aliphatic rings. The predicted molar refractivity (Wildman–Crippen MR) is 300 cm³/mol. The summed E-state index contributed by atoms with van der Waals surface area (Å²) in [6.45, 7) is 17.2. The number of methoxy groups -OCH3 is 1. The maximum absolute atomic E-state index is 15.0. The summed E-state index contributed by atoms with van der Waals surface area (Å²) < 4.78 is 60.0.